The molecule has 3 atom stereocenters. The van der Waals surface area contributed by atoms with Crippen LogP contribution in [0.4, 0.5) is 0 Å². The maximum absolute atomic E-state index is 12.2. The summed E-state index contributed by atoms with van der Waals surface area (Å²) in [6, 6.07) is 10.3. The highest BCUT2D eigenvalue weighted by Gasteiger charge is 2.37. The molecule has 0 amide bonds. The number of rotatable bonds is 4. The lowest BCUT2D eigenvalue weighted by Crippen LogP contribution is -2.41. The van der Waals surface area contributed by atoms with Gasteiger partial charge in [-0.05, 0) is 25.0 Å². The van der Waals surface area contributed by atoms with Crippen molar-refractivity contribution >= 4 is 17.5 Å². The van der Waals surface area contributed by atoms with Gasteiger partial charge in [-0.3, -0.25) is 4.79 Å². The molecular weight excluding hydrogens is 268 g/mol. The van der Waals surface area contributed by atoms with Crippen molar-refractivity contribution in [1.29, 1.82) is 0 Å². The molecular formula is C17H22O2S. The summed E-state index contributed by atoms with van der Waals surface area (Å²) in [6.45, 7) is 8.17. The molecule has 0 saturated carbocycles. The number of benzene rings is 1. The number of thioether (sulfide) groups is 1. The normalized spacial score (nSPS) is 24.2. The zero-order chi connectivity index (χ0) is 14.7. The van der Waals surface area contributed by atoms with Crippen molar-refractivity contribution in [2.45, 2.75) is 43.9 Å². The van der Waals surface area contributed by atoms with Crippen molar-refractivity contribution in [3.63, 3.8) is 0 Å². The van der Waals surface area contributed by atoms with Crippen LogP contribution in [0.15, 0.2) is 47.1 Å². The largest absolute Gasteiger partial charge is 0.496 e. The van der Waals surface area contributed by atoms with Gasteiger partial charge in [0.2, 0.25) is 0 Å². The van der Waals surface area contributed by atoms with E-state index in [4.69, 9.17) is 4.74 Å². The maximum atomic E-state index is 12.2. The average Bonchev–Trinajstić information content (AvgIpc) is 2.44. The summed E-state index contributed by atoms with van der Waals surface area (Å²) < 4.78 is 5.86. The molecule has 0 bridgehead atoms. The van der Waals surface area contributed by atoms with Crippen LogP contribution < -0.4 is 0 Å². The summed E-state index contributed by atoms with van der Waals surface area (Å²) in [5, 5.41) is 0.265. The van der Waals surface area contributed by atoms with Gasteiger partial charge in [0, 0.05) is 15.7 Å². The minimum absolute atomic E-state index is 0.0589. The van der Waals surface area contributed by atoms with Gasteiger partial charge in [-0.15, -0.1) is 11.8 Å². The Hall–Kier alpha value is -1.22. The molecule has 3 heteroatoms. The Labute approximate surface area is 125 Å². The minimum Gasteiger partial charge on any atom is -0.496 e. The zero-order valence-electron chi connectivity index (χ0n) is 12.5. The molecule has 0 aliphatic carbocycles. The number of Topliss-reactive ketones (excluding diaryl/α,β-unsaturated/α-hetero) is 1. The van der Waals surface area contributed by atoms with Gasteiger partial charge in [-0.1, -0.05) is 39.0 Å². The van der Waals surface area contributed by atoms with E-state index in [-0.39, 0.29) is 23.1 Å². The lowest BCUT2D eigenvalue weighted by atomic mass is 9.88. The second-order valence-electron chi connectivity index (χ2n) is 5.69. The van der Waals surface area contributed by atoms with Crippen LogP contribution in [0.2, 0.25) is 0 Å². The Kier molecular flexibility index (Phi) is 4.92. The molecule has 0 radical (unpaired) electrons. The average molecular weight is 290 g/mol. The molecule has 0 aromatic heterocycles. The van der Waals surface area contributed by atoms with E-state index in [9.17, 15) is 4.79 Å². The highest BCUT2D eigenvalue weighted by Crippen LogP contribution is 2.36. The number of carbonyl (C=O) groups is 1. The molecule has 2 rings (SSSR count). The van der Waals surface area contributed by atoms with Gasteiger partial charge < -0.3 is 4.74 Å². The Bertz CT molecular complexity index is 493. The number of hydrogen-bond acceptors (Lipinski definition) is 3. The second kappa shape index (κ2) is 6.49. The van der Waals surface area contributed by atoms with E-state index in [1.165, 1.54) is 4.90 Å². The first-order valence-electron chi connectivity index (χ1n) is 7.09. The predicted molar refractivity (Wildman–Crippen MR) is 83.7 cm³/mol. The van der Waals surface area contributed by atoms with Crippen molar-refractivity contribution in [1.82, 2.24) is 0 Å². The first-order chi connectivity index (χ1) is 9.50. The van der Waals surface area contributed by atoms with Crippen LogP contribution in [0.5, 0.6) is 0 Å². The number of ketones is 1. The molecule has 0 unspecified atom stereocenters. The van der Waals surface area contributed by atoms with Gasteiger partial charge in [0.05, 0.1) is 12.2 Å². The van der Waals surface area contributed by atoms with Crippen LogP contribution in [-0.2, 0) is 9.53 Å². The molecule has 1 heterocycles. The van der Waals surface area contributed by atoms with Crippen molar-refractivity contribution in [3.05, 3.63) is 42.2 Å². The number of carbonyl (C=O) groups excluding carboxylic acids is 1. The van der Waals surface area contributed by atoms with E-state index in [0.29, 0.717) is 5.92 Å². The zero-order valence-corrected chi connectivity index (χ0v) is 13.3. The van der Waals surface area contributed by atoms with Crippen LogP contribution in [-0.4, -0.2) is 17.1 Å². The first-order valence-corrected chi connectivity index (χ1v) is 7.97. The highest BCUT2D eigenvalue weighted by molar-refractivity contribution is 8.00. The van der Waals surface area contributed by atoms with Crippen LogP contribution in [0, 0.1) is 11.8 Å². The molecule has 2 nitrogen and oxygen atoms in total. The predicted octanol–water partition coefficient (Wildman–Crippen LogP) is 4.31. The summed E-state index contributed by atoms with van der Waals surface area (Å²) in [5.74, 6) is 0.566. The Morgan fingerprint density at radius 1 is 1.20 bits per heavy atom. The van der Waals surface area contributed by atoms with E-state index >= 15 is 0 Å². The third kappa shape index (κ3) is 3.26. The van der Waals surface area contributed by atoms with E-state index in [1.807, 2.05) is 32.0 Å². The lowest BCUT2D eigenvalue weighted by molar-refractivity contribution is -0.124. The summed E-state index contributed by atoms with van der Waals surface area (Å²) >= 11 is 1.80. The first kappa shape index (κ1) is 15.2. The van der Waals surface area contributed by atoms with Crippen molar-refractivity contribution in [3.8, 4) is 0 Å². The molecule has 0 fully saturated rings. The molecule has 1 aliphatic rings. The monoisotopic (exact) mass is 290 g/mol. The summed E-state index contributed by atoms with van der Waals surface area (Å²) in [5.41, 5.74) is 0.723. The summed E-state index contributed by atoms with van der Waals surface area (Å²) in [4.78, 5) is 13.4. The Balaban J connectivity index is 2.19. The molecule has 0 N–H and O–H groups in total. The molecule has 20 heavy (non-hydrogen) atoms. The fourth-order valence-electron chi connectivity index (χ4n) is 2.47. The van der Waals surface area contributed by atoms with Crippen molar-refractivity contribution < 1.29 is 9.53 Å². The van der Waals surface area contributed by atoms with Gasteiger partial charge in [-0.2, -0.15) is 0 Å². The molecule has 108 valence electrons. The van der Waals surface area contributed by atoms with Crippen molar-refractivity contribution in [2.24, 2.45) is 11.8 Å². The second-order valence-corrected chi connectivity index (χ2v) is 6.95. The van der Waals surface area contributed by atoms with E-state index in [0.717, 1.165) is 5.57 Å². The van der Waals surface area contributed by atoms with E-state index in [1.54, 1.807) is 18.0 Å². The summed E-state index contributed by atoms with van der Waals surface area (Å²) in [6.07, 6.45) is 1.57. The number of hydrogen-bond donors (Lipinski definition) is 0. The summed E-state index contributed by atoms with van der Waals surface area (Å²) in [7, 11) is 0. The molecule has 1 aromatic rings. The fourth-order valence-corrected chi connectivity index (χ4v) is 3.80. The van der Waals surface area contributed by atoms with Crippen LogP contribution >= 0.6 is 11.8 Å². The minimum atomic E-state index is -0.0800. The molecule has 1 aliphatic heterocycles. The van der Waals surface area contributed by atoms with Gasteiger partial charge in [0.25, 0.3) is 0 Å². The van der Waals surface area contributed by atoms with Gasteiger partial charge in [0.1, 0.15) is 6.10 Å². The Morgan fingerprint density at radius 3 is 2.45 bits per heavy atom. The van der Waals surface area contributed by atoms with Crippen LogP contribution in [0.25, 0.3) is 0 Å². The standard InChI is InChI=1S/C17H22O2S/c1-11(2)17(20-14-8-6-5-7-9-14)16-13(4)15(18)12(3)10-19-16/h5-11,13,16-17H,1-4H3/t13-,16-,17+/m1/s1. The lowest BCUT2D eigenvalue weighted by Gasteiger charge is -2.35. The SMILES string of the molecule is CC1=CO[C@@H]([C@@H](Sc2ccccc2)C(C)C)[C@H](C)C1=O. The number of allylic oxidation sites excluding steroid dienone is 1. The van der Waals surface area contributed by atoms with E-state index < -0.39 is 0 Å². The molecule has 1 aromatic carbocycles. The highest BCUT2D eigenvalue weighted by atomic mass is 32.2. The fraction of sp³-hybridized carbons (Fsp3) is 0.471. The smallest absolute Gasteiger partial charge is 0.168 e. The molecule has 0 saturated heterocycles. The van der Waals surface area contributed by atoms with Gasteiger partial charge in [-0.25, -0.2) is 0 Å². The van der Waals surface area contributed by atoms with Gasteiger partial charge >= 0.3 is 0 Å². The van der Waals surface area contributed by atoms with E-state index in [2.05, 4.69) is 26.0 Å². The molecule has 0 spiro atoms. The van der Waals surface area contributed by atoms with Gasteiger partial charge in [0.15, 0.2) is 5.78 Å². The van der Waals surface area contributed by atoms with Crippen molar-refractivity contribution in [2.75, 3.05) is 0 Å². The third-order valence-electron chi connectivity index (χ3n) is 3.69. The maximum Gasteiger partial charge on any atom is 0.168 e. The van der Waals surface area contributed by atoms with Crippen LogP contribution in [0.1, 0.15) is 27.7 Å². The third-order valence-corrected chi connectivity index (χ3v) is 5.32. The topological polar surface area (TPSA) is 26.3 Å². The number of ether oxygens (including phenoxy) is 1. The Morgan fingerprint density at radius 2 is 1.85 bits per heavy atom. The van der Waals surface area contributed by atoms with Crippen LogP contribution in [0.3, 0.4) is 0 Å². The quantitative estimate of drug-likeness (QED) is 0.773.